The van der Waals surface area contributed by atoms with Crippen molar-refractivity contribution in [3.8, 4) is 11.5 Å². The van der Waals surface area contributed by atoms with Crippen molar-refractivity contribution >= 4 is 17.6 Å². The molecule has 0 radical (unpaired) electrons. The zero-order valence-electron chi connectivity index (χ0n) is 18.9. The second-order valence-corrected chi connectivity index (χ2v) is 8.51. The lowest BCUT2D eigenvalue weighted by atomic mass is 9.83. The summed E-state index contributed by atoms with van der Waals surface area (Å²) in [6, 6.07) is 20.4. The molecule has 33 heavy (non-hydrogen) atoms. The van der Waals surface area contributed by atoms with Crippen molar-refractivity contribution < 1.29 is 14.3 Å². The molecule has 1 N–H and O–H groups in total. The maximum absolute atomic E-state index is 13.2. The molecule has 7 heteroatoms. The van der Waals surface area contributed by atoms with Crippen molar-refractivity contribution in [1.82, 2.24) is 14.8 Å². The number of carbonyl (C=O) groups excluding carboxylic acids is 2. The van der Waals surface area contributed by atoms with Crippen LogP contribution in [0.4, 0.5) is 10.5 Å². The number of amides is 3. The Morgan fingerprint density at radius 2 is 1.52 bits per heavy atom. The summed E-state index contributed by atoms with van der Waals surface area (Å²) in [6.07, 6.45) is 3.32. The molecule has 0 spiro atoms. The van der Waals surface area contributed by atoms with Gasteiger partial charge in [-0.25, -0.2) is 4.79 Å². The zero-order valence-corrected chi connectivity index (χ0v) is 18.9. The Morgan fingerprint density at radius 1 is 0.848 bits per heavy atom. The predicted octanol–water partition coefficient (Wildman–Crippen LogP) is 4.53. The highest BCUT2D eigenvalue weighted by molar-refractivity contribution is 5.90. The number of hydrogen-bond donors (Lipinski definition) is 1. The first-order valence-electron chi connectivity index (χ1n) is 11.0. The fraction of sp³-hybridized carbons (Fsp3) is 0.269. The van der Waals surface area contributed by atoms with Gasteiger partial charge in [-0.15, -0.1) is 0 Å². The maximum Gasteiger partial charge on any atom is 0.321 e. The number of rotatable bonds is 5. The van der Waals surface area contributed by atoms with Crippen molar-refractivity contribution in [2.75, 3.05) is 31.5 Å². The van der Waals surface area contributed by atoms with Gasteiger partial charge in [-0.05, 0) is 43.7 Å². The quantitative estimate of drug-likeness (QED) is 0.628. The minimum Gasteiger partial charge on any atom is -0.457 e. The van der Waals surface area contributed by atoms with E-state index in [1.807, 2.05) is 67.3 Å². The van der Waals surface area contributed by atoms with E-state index in [-0.39, 0.29) is 11.9 Å². The van der Waals surface area contributed by atoms with Crippen molar-refractivity contribution in [3.05, 3.63) is 84.7 Å². The lowest BCUT2D eigenvalue weighted by Gasteiger charge is -2.38. The molecule has 3 amide bonds. The Hall–Kier alpha value is -3.87. The van der Waals surface area contributed by atoms with Crippen LogP contribution in [0.2, 0.25) is 0 Å². The van der Waals surface area contributed by atoms with E-state index in [0.717, 1.165) is 5.56 Å². The van der Waals surface area contributed by atoms with Gasteiger partial charge in [0.2, 0.25) is 5.91 Å². The molecule has 0 aliphatic carbocycles. The summed E-state index contributed by atoms with van der Waals surface area (Å²) in [6.45, 7) is 5.88. The highest BCUT2D eigenvalue weighted by Crippen LogP contribution is 2.27. The Bertz CT molecular complexity index is 1090. The SMILES string of the molecule is CC(C)(C(=O)N1CCN(C(=O)Nc2cccc(Oc3ccncc3)c2)CC1)c1ccccc1. The summed E-state index contributed by atoms with van der Waals surface area (Å²) in [7, 11) is 0. The normalized spacial score (nSPS) is 14.0. The molecule has 1 aliphatic rings. The summed E-state index contributed by atoms with van der Waals surface area (Å²) >= 11 is 0. The average Bonchev–Trinajstić information content (AvgIpc) is 2.85. The molecule has 2 aromatic carbocycles. The number of anilines is 1. The van der Waals surface area contributed by atoms with Crippen LogP contribution in [0.1, 0.15) is 19.4 Å². The van der Waals surface area contributed by atoms with E-state index in [2.05, 4.69) is 10.3 Å². The van der Waals surface area contributed by atoms with E-state index in [4.69, 9.17) is 4.74 Å². The fourth-order valence-electron chi connectivity index (χ4n) is 3.87. The third-order valence-corrected chi connectivity index (χ3v) is 5.85. The van der Waals surface area contributed by atoms with Gasteiger partial charge in [0.1, 0.15) is 11.5 Å². The molecule has 0 unspecified atom stereocenters. The van der Waals surface area contributed by atoms with Gasteiger partial charge in [-0.2, -0.15) is 0 Å². The van der Waals surface area contributed by atoms with Gasteiger partial charge in [0.05, 0.1) is 5.41 Å². The van der Waals surface area contributed by atoms with Crippen LogP contribution in [0.3, 0.4) is 0 Å². The Balaban J connectivity index is 1.32. The number of urea groups is 1. The number of pyridine rings is 1. The molecule has 0 bridgehead atoms. The molecular weight excluding hydrogens is 416 g/mol. The number of ether oxygens (including phenoxy) is 1. The van der Waals surface area contributed by atoms with Crippen LogP contribution in [0.25, 0.3) is 0 Å². The number of benzene rings is 2. The zero-order chi connectivity index (χ0) is 23.3. The summed E-state index contributed by atoms with van der Waals surface area (Å²) in [5.74, 6) is 1.37. The summed E-state index contributed by atoms with van der Waals surface area (Å²) in [5.41, 5.74) is 1.03. The maximum atomic E-state index is 13.2. The Morgan fingerprint density at radius 3 is 2.21 bits per heavy atom. The first kappa shape index (κ1) is 22.3. The summed E-state index contributed by atoms with van der Waals surface area (Å²) < 4.78 is 5.81. The molecule has 1 saturated heterocycles. The average molecular weight is 445 g/mol. The van der Waals surface area contributed by atoms with Gasteiger partial charge >= 0.3 is 6.03 Å². The molecule has 170 valence electrons. The smallest absolute Gasteiger partial charge is 0.321 e. The van der Waals surface area contributed by atoms with E-state index in [1.165, 1.54) is 0 Å². The van der Waals surface area contributed by atoms with Crippen LogP contribution < -0.4 is 10.1 Å². The van der Waals surface area contributed by atoms with Gasteiger partial charge in [-0.1, -0.05) is 36.4 Å². The highest BCUT2D eigenvalue weighted by atomic mass is 16.5. The lowest BCUT2D eigenvalue weighted by molar-refractivity contribution is -0.137. The van der Waals surface area contributed by atoms with Crippen molar-refractivity contribution in [2.45, 2.75) is 19.3 Å². The van der Waals surface area contributed by atoms with Crippen LogP contribution in [-0.4, -0.2) is 52.9 Å². The molecule has 1 fully saturated rings. The molecule has 1 aliphatic heterocycles. The molecular formula is C26H28N4O3. The van der Waals surface area contributed by atoms with Crippen molar-refractivity contribution in [3.63, 3.8) is 0 Å². The van der Waals surface area contributed by atoms with Gasteiger partial charge in [0.25, 0.3) is 0 Å². The number of nitrogens with one attached hydrogen (secondary N) is 1. The summed E-state index contributed by atoms with van der Waals surface area (Å²) in [4.78, 5) is 33.5. The molecule has 3 aromatic rings. The van der Waals surface area contributed by atoms with Gasteiger partial charge in [0.15, 0.2) is 0 Å². The van der Waals surface area contributed by atoms with E-state index in [0.29, 0.717) is 43.4 Å². The highest BCUT2D eigenvalue weighted by Gasteiger charge is 2.35. The van der Waals surface area contributed by atoms with Crippen LogP contribution in [-0.2, 0) is 10.2 Å². The van der Waals surface area contributed by atoms with Crippen molar-refractivity contribution in [2.24, 2.45) is 0 Å². The molecule has 1 aromatic heterocycles. The van der Waals surface area contributed by atoms with Crippen LogP contribution >= 0.6 is 0 Å². The van der Waals surface area contributed by atoms with Gasteiger partial charge < -0.3 is 19.9 Å². The largest absolute Gasteiger partial charge is 0.457 e. The topological polar surface area (TPSA) is 74.8 Å². The molecule has 7 nitrogen and oxygen atoms in total. The van der Waals surface area contributed by atoms with Gasteiger partial charge in [-0.3, -0.25) is 9.78 Å². The van der Waals surface area contributed by atoms with Crippen LogP contribution in [0.15, 0.2) is 79.1 Å². The number of piperazine rings is 1. The standard InChI is InChI=1S/C26H28N4O3/c1-26(2,20-7-4-3-5-8-20)24(31)29-15-17-30(18-16-29)25(32)28-21-9-6-10-23(19-21)33-22-11-13-27-14-12-22/h3-14,19H,15-18H2,1-2H3,(H,28,32). The van der Waals surface area contributed by atoms with E-state index < -0.39 is 5.41 Å². The van der Waals surface area contributed by atoms with Crippen LogP contribution in [0.5, 0.6) is 11.5 Å². The molecule has 0 atom stereocenters. The monoisotopic (exact) mass is 444 g/mol. The minimum absolute atomic E-state index is 0.0784. The van der Waals surface area contributed by atoms with Gasteiger partial charge in [0, 0.05) is 50.3 Å². The van der Waals surface area contributed by atoms with E-state index in [9.17, 15) is 9.59 Å². The molecule has 0 saturated carbocycles. The molecule has 4 rings (SSSR count). The van der Waals surface area contributed by atoms with E-state index >= 15 is 0 Å². The second kappa shape index (κ2) is 9.73. The first-order chi connectivity index (χ1) is 15.9. The number of hydrogen-bond acceptors (Lipinski definition) is 4. The second-order valence-electron chi connectivity index (χ2n) is 8.51. The third-order valence-electron chi connectivity index (χ3n) is 5.85. The number of aromatic nitrogens is 1. The van der Waals surface area contributed by atoms with Crippen LogP contribution in [0, 0.1) is 0 Å². The minimum atomic E-state index is -0.610. The lowest BCUT2D eigenvalue weighted by Crippen LogP contribution is -2.55. The number of carbonyl (C=O) groups is 2. The third kappa shape index (κ3) is 5.31. The fourth-order valence-corrected chi connectivity index (χ4v) is 3.87. The molecule has 2 heterocycles. The number of nitrogens with zero attached hydrogens (tertiary/aromatic N) is 3. The Labute approximate surface area is 194 Å². The predicted molar refractivity (Wildman–Crippen MR) is 127 cm³/mol. The first-order valence-corrected chi connectivity index (χ1v) is 11.0. The van der Waals surface area contributed by atoms with Crippen molar-refractivity contribution in [1.29, 1.82) is 0 Å². The Kier molecular flexibility index (Phi) is 6.58. The summed E-state index contributed by atoms with van der Waals surface area (Å²) in [5, 5.41) is 2.93. The van der Waals surface area contributed by atoms with E-state index in [1.54, 1.807) is 35.5 Å².